The third kappa shape index (κ3) is 5.94. The number of unbranched alkanes of at least 4 members (excludes halogenated alkanes) is 4. The van der Waals surface area contributed by atoms with E-state index in [9.17, 15) is 0 Å². The van der Waals surface area contributed by atoms with Crippen molar-refractivity contribution < 1.29 is 4.39 Å². The van der Waals surface area contributed by atoms with Gasteiger partial charge >= 0.3 is 0 Å². The van der Waals surface area contributed by atoms with Crippen molar-refractivity contribution in [3.63, 3.8) is 0 Å². The van der Waals surface area contributed by atoms with E-state index in [0.717, 1.165) is 36.2 Å². The SMILES string of the molecule is CCCCCCC1CCc2cc(C3CCC4CC(CCCC)CCC4C3)cc(F)c2C1. The molecule has 0 N–H and O–H groups in total. The molecule has 0 aromatic heterocycles. The number of aryl methyl sites for hydroxylation is 1. The highest BCUT2D eigenvalue weighted by atomic mass is 19.1. The molecule has 0 heterocycles. The molecule has 174 valence electrons. The molecule has 0 spiro atoms. The first kappa shape index (κ1) is 23.3. The maximum atomic E-state index is 15.2. The van der Waals surface area contributed by atoms with Crippen molar-refractivity contribution in [2.45, 2.75) is 129 Å². The van der Waals surface area contributed by atoms with Gasteiger partial charge in [0.05, 0.1) is 0 Å². The summed E-state index contributed by atoms with van der Waals surface area (Å²) in [5.41, 5.74) is 3.76. The normalized spacial score (nSPS) is 30.6. The Morgan fingerprint density at radius 3 is 2.39 bits per heavy atom. The predicted octanol–water partition coefficient (Wildman–Crippen LogP) is 9.39. The zero-order valence-corrected chi connectivity index (χ0v) is 20.4. The molecule has 31 heavy (non-hydrogen) atoms. The molecule has 0 saturated heterocycles. The fourth-order valence-electron chi connectivity index (χ4n) is 7.30. The van der Waals surface area contributed by atoms with Gasteiger partial charge in [-0.15, -0.1) is 0 Å². The van der Waals surface area contributed by atoms with Crippen LogP contribution < -0.4 is 0 Å². The quantitative estimate of drug-likeness (QED) is 0.345. The Balaban J connectivity index is 1.34. The van der Waals surface area contributed by atoms with E-state index in [1.165, 1.54) is 107 Å². The average molecular weight is 427 g/mol. The third-order valence-corrected chi connectivity index (χ3v) is 9.25. The Bertz CT molecular complexity index is 692. The van der Waals surface area contributed by atoms with E-state index in [1.807, 2.05) is 6.07 Å². The average Bonchev–Trinajstić information content (AvgIpc) is 2.80. The van der Waals surface area contributed by atoms with Gasteiger partial charge in [0.25, 0.3) is 0 Å². The van der Waals surface area contributed by atoms with Crippen LogP contribution in [0.3, 0.4) is 0 Å². The van der Waals surface area contributed by atoms with Gasteiger partial charge in [0, 0.05) is 0 Å². The van der Waals surface area contributed by atoms with E-state index in [1.54, 1.807) is 0 Å². The van der Waals surface area contributed by atoms with E-state index >= 15 is 4.39 Å². The fraction of sp³-hybridized carbons (Fsp3) is 0.800. The monoisotopic (exact) mass is 426 g/mol. The van der Waals surface area contributed by atoms with Crippen LogP contribution in [0, 0.1) is 29.5 Å². The van der Waals surface area contributed by atoms with Crippen LogP contribution in [0.4, 0.5) is 4.39 Å². The summed E-state index contributed by atoms with van der Waals surface area (Å²) in [5.74, 6) is 4.30. The third-order valence-electron chi connectivity index (χ3n) is 9.25. The number of hydrogen-bond donors (Lipinski definition) is 0. The summed E-state index contributed by atoms with van der Waals surface area (Å²) in [6.45, 7) is 4.59. The van der Waals surface area contributed by atoms with E-state index < -0.39 is 0 Å². The van der Waals surface area contributed by atoms with Gasteiger partial charge in [-0.25, -0.2) is 4.39 Å². The van der Waals surface area contributed by atoms with Gasteiger partial charge in [0.2, 0.25) is 0 Å². The molecule has 0 radical (unpaired) electrons. The van der Waals surface area contributed by atoms with Crippen molar-refractivity contribution in [3.05, 3.63) is 34.6 Å². The largest absolute Gasteiger partial charge is 0.207 e. The number of rotatable bonds is 9. The zero-order valence-electron chi connectivity index (χ0n) is 20.4. The highest BCUT2D eigenvalue weighted by molar-refractivity contribution is 5.37. The van der Waals surface area contributed by atoms with Gasteiger partial charge in [0.15, 0.2) is 0 Å². The van der Waals surface area contributed by atoms with Crippen LogP contribution in [0.1, 0.15) is 133 Å². The Hall–Kier alpha value is -0.850. The lowest BCUT2D eigenvalue weighted by molar-refractivity contribution is 0.113. The molecule has 1 heteroatoms. The minimum atomic E-state index is 0.121. The number of benzene rings is 1. The molecule has 2 saturated carbocycles. The molecular weight excluding hydrogens is 379 g/mol. The van der Waals surface area contributed by atoms with Crippen LogP contribution in [0.25, 0.3) is 0 Å². The lowest BCUT2D eigenvalue weighted by Crippen LogP contribution is -2.30. The minimum absolute atomic E-state index is 0.121. The molecule has 5 unspecified atom stereocenters. The molecule has 3 aliphatic carbocycles. The highest BCUT2D eigenvalue weighted by Gasteiger charge is 2.36. The Morgan fingerprint density at radius 1 is 0.774 bits per heavy atom. The fourth-order valence-corrected chi connectivity index (χ4v) is 7.30. The zero-order chi connectivity index (χ0) is 21.6. The molecule has 0 amide bonds. The van der Waals surface area contributed by atoms with Crippen molar-refractivity contribution in [2.75, 3.05) is 0 Å². The maximum absolute atomic E-state index is 15.2. The Morgan fingerprint density at radius 2 is 1.55 bits per heavy atom. The van der Waals surface area contributed by atoms with Crippen LogP contribution in [-0.2, 0) is 12.8 Å². The first-order valence-electron chi connectivity index (χ1n) is 14.0. The van der Waals surface area contributed by atoms with Gasteiger partial charge in [-0.1, -0.05) is 77.7 Å². The Labute approximate surface area is 191 Å². The van der Waals surface area contributed by atoms with E-state index in [2.05, 4.69) is 19.9 Å². The van der Waals surface area contributed by atoms with Crippen molar-refractivity contribution in [1.29, 1.82) is 0 Å². The predicted molar refractivity (Wildman–Crippen MR) is 131 cm³/mol. The molecule has 1 aromatic carbocycles. The lowest BCUT2D eigenvalue weighted by Gasteiger charge is -2.42. The van der Waals surface area contributed by atoms with E-state index in [-0.39, 0.29) is 5.82 Å². The summed E-state index contributed by atoms with van der Waals surface area (Å²) in [6, 6.07) is 4.39. The van der Waals surface area contributed by atoms with Gasteiger partial charge < -0.3 is 0 Å². The first-order chi connectivity index (χ1) is 15.2. The number of hydrogen-bond acceptors (Lipinski definition) is 0. The molecule has 0 nitrogen and oxygen atoms in total. The summed E-state index contributed by atoms with van der Waals surface area (Å²) in [6.07, 6.45) is 22.6. The van der Waals surface area contributed by atoms with E-state index in [0.29, 0.717) is 11.8 Å². The number of fused-ring (bicyclic) bond motifs is 2. The first-order valence-corrected chi connectivity index (χ1v) is 14.0. The molecule has 2 fully saturated rings. The molecule has 3 aliphatic rings. The number of halogens is 1. The van der Waals surface area contributed by atoms with Crippen LogP contribution in [0.5, 0.6) is 0 Å². The summed E-state index contributed by atoms with van der Waals surface area (Å²) >= 11 is 0. The van der Waals surface area contributed by atoms with Gasteiger partial charge in [-0.05, 0) is 104 Å². The highest BCUT2D eigenvalue weighted by Crippen LogP contribution is 2.49. The van der Waals surface area contributed by atoms with Crippen LogP contribution in [0.2, 0.25) is 0 Å². The summed E-state index contributed by atoms with van der Waals surface area (Å²) in [7, 11) is 0. The summed E-state index contributed by atoms with van der Waals surface area (Å²) < 4.78 is 15.2. The van der Waals surface area contributed by atoms with Crippen molar-refractivity contribution in [2.24, 2.45) is 23.7 Å². The van der Waals surface area contributed by atoms with Gasteiger partial charge in [0.1, 0.15) is 5.82 Å². The standard InChI is InChI=1S/C30H47F/c1-3-5-7-8-10-23-12-14-27-20-28(21-30(31)29(27)18-23)26-16-15-24-17-22(9-6-4-2)11-13-25(24)19-26/h20-26H,3-19H2,1-2H3. The van der Waals surface area contributed by atoms with Crippen LogP contribution in [0.15, 0.2) is 12.1 Å². The molecular formula is C30H47F. The second-order valence-corrected chi connectivity index (χ2v) is 11.5. The van der Waals surface area contributed by atoms with Crippen LogP contribution >= 0.6 is 0 Å². The molecule has 5 atom stereocenters. The molecule has 0 aliphatic heterocycles. The van der Waals surface area contributed by atoms with Crippen molar-refractivity contribution in [1.82, 2.24) is 0 Å². The van der Waals surface area contributed by atoms with E-state index in [4.69, 9.17) is 0 Å². The van der Waals surface area contributed by atoms with Crippen LogP contribution in [-0.4, -0.2) is 0 Å². The maximum Gasteiger partial charge on any atom is 0.126 e. The summed E-state index contributed by atoms with van der Waals surface area (Å²) in [4.78, 5) is 0. The molecule has 0 bridgehead atoms. The van der Waals surface area contributed by atoms with Crippen molar-refractivity contribution in [3.8, 4) is 0 Å². The molecule has 4 rings (SSSR count). The topological polar surface area (TPSA) is 0 Å². The summed E-state index contributed by atoms with van der Waals surface area (Å²) in [5, 5.41) is 0. The van der Waals surface area contributed by atoms with Gasteiger partial charge in [-0.3, -0.25) is 0 Å². The van der Waals surface area contributed by atoms with Gasteiger partial charge in [-0.2, -0.15) is 0 Å². The smallest absolute Gasteiger partial charge is 0.126 e. The Kier molecular flexibility index (Phi) is 8.52. The second-order valence-electron chi connectivity index (χ2n) is 11.5. The van der Waals surface area contributed by atoms with Crippen molar-refractivity contribution >= 4 is 0 Å². The minimum Gasteiger partial charge on any atom is -0.207 e. The lowest BCUT2D eigenvalue weighted by atomic mass is 9.63. The molecule has 1 aromatic rings. The second kappa shape index (κ2) is 11.3.